The highest BCUT2D eigenvalue weighted by Crippen LogP contribution is 2.03. The zero-order valence-electron chi connectivity index (χ0n) is 6.03. The van der Waals surface area contributed by atoms with E-state index in [-0.39, 0.29) is 5.69 Å². The third-order valence-electron chi connectivity index (χ3n) is 1.27. The molecule has 0 atom stereocenters. The predicted octanol–water partition coefficient (Wildman–Crippen LogP) is 0.821. The number of carbonyl (C=O) groups is 1. The number of aromatic carboxylic acids is 1. The van der Waals surface area contributed by atoms with Gasteiger partial charge in [0.1, 0.15) is 5.69 Å². The summed E-state index contributed by atoms with van der Waals surface area (Å²) in [7, 11) is 1.75. The second kappa shape index (κ2) is 3.01. The number of hydrogen-bond donors (Lipinski definition) is 2. The first kappa shape index (κ1) is 7.53. The van der Waals surface area contributed by atoms with Crippen molar-refractivity contribution in [3.05, 3.63) is 24.0 Å². The molecule has 0 aliphatic heterocycles. The molecule has 11 heavy (non-hydrogen) atoms. The van der Waals surface area contributed by atoms with Crippen molar-refractivity contribution in [3.63, 3.8) is 0 Å². The third-order valence-corrected chi connectivity index (χ3v) is 1.27. The lowest BCUT2D eigenvalue weighted by molar-refractivity contribution is 0.0690. The van der Waals surface area contributed by atoms with E-state index in [0.717, 1.165) is 5.69 Å². The van der Waals surface area contributed by atoms with Crippen LogP contribution in [0.3, 0.4) is 0 Å². The molecular weight excluding hydrogens is 144 g/mol. The molecule has 0 unspecified atom stereocenters. The number of nitrogens with one attached hydrogen (secondary N) is 1. The van der Waals surface area contributed by atoms with E-state index in [0.29, 0.717) is 0 Å². The molecule has 0 aromatic carbocycles. The lowest BCUT2D eigenvalue weighted by Crippen LogP contribution is -2.00. The van der Waals surface area contributed by atoms with Crippen molar-refractivity contribution in [2.24, 2.45) is 0 Å². The number of pyridine rings is 1. The number of nitrogens with zero attached hydrogens (tertiary/aromatic N) is 1. The van der Waals surface area contributed by atoms with Gasteiger partial charge < -0.3 is 10.4 Å². The highest BCUT2D eigenvalue weighted by molar-refractivity contribution is 5.85. The maximum Gasteiger partial charge on any atom is 0.354 e. The number of anilines is 1. The molecule has 1 rings (SSSR count). The minimum atomic E-state index is -1.01. The maximum atomic E-state index is 10.3. The van der Waals surface area contributed by atoms with E-state index in [9.17, 15) is 4.79 Å². The Balaban J connectivity index is 2.91. The molecule has 0 amide bonds. The molecule has 1 aromatic rings. The first-order valence-corrected chi connectivity index (χ1v) is 3.11. The first-order valence-electron chi connectivity index (χ1n) is 3.11. The van der Waals surface area contributed by atoms with Gasteiger partial charge in [-0.3, -0.25) is 0 Å². The fourth-order valence-corrected chi connectivity index (χ4v) is 0.668. The molecule has 4 heteroatoms. The van der Waals surface area contributed by atoms with Gasteiger partial charge in [0, 0.05) is 7.05 Å². The number of rotatable bonds is 2. The molecular formula is C7H8N2O2. The van der Waals surface area contributed by atoms with Crippen molar-refractivity contribution in [2.75, 3.05) is 12.4 Å². The van der Waals surface area contributed by atoms with Crippen LogP contribution in [0.25, 0.3) is 0 Å². The quantitative estimate of drug-likeness (QED) is 0.658. The fraction of sp³-hybridized carbons (Fsp3) is 0.143. The van der Waals surface area contributed by atoms with Gasteiger partial charge in [0.25, 0.3) is 0 Å². The van der Waals surface area contributed by atoms with Crippen LogP contribution in [-0.2, 0) is 0 Å². The van der Waals surface area contributed by atoms with Crippen LogP contribution in [0.15, 0.2) is 18.3 Å². The first-order chi connectivity index (χ1) is 5.24. The molecule has 0 spiro atoms. The Labute approximate surface area is 63.9 Å². The Morgan fingerprint density at radius 1 is 1.64 bits per heavy atom. The Kier molecular flexibility index (Phi) is 2.06. The second-order valence-electron chi connectivity index (χ2n) is 1.99. The van der Waals surface area contributed by atoms with Crippen LogP contribution in [0.5, 0.6) is 0 Å². The van der Waals surface area contributed by atoms with Crippen molar-refractivity contribution in [1.29, 1.82) is 0 Å². The van der Waals surface area contributed by atoms with Gasteiger partial charge in [-0.05, 0) is 12.1 Å². The topological polar surface area (TPSA) is 62.2 Å². The van der Waals surface area contributed by atoms with Crippen molar-refractivity contribution >= 4 is 11.7 Å². The van der Waals surface area contributed by atoms with Crippen LogP contribution in [-0.4, -0.2) is 23.1 Å². The Morgan fingerprint density at radius 3 is 2.73 bits per heavy atom. The van der Waals surface area contributed by atoms with Crippen LogP contribution < -0.4 is 5.32 Å². The van der Waals surface area contributed by atoms with Gasteiger partial charge in [0.05, 0.1) is 11.9 Å². The molecule has 0 bridgehead atoms. The van der Waals surface area contributed by atoms with Gasteiger partial charge in [-0.2, -0.15) is 0 Å². The maximum absolute atomic E-state index is 10.3. The van der Waals surface area contributed by atoms with Crippen molar-refractivity contribution in [1.82, 2.24) is 4.98 Å². The zero-order chi connectivity index (χ0) is 8.27. The molecule has 0 radical (unpaired) electrons. The number of hydrogen-bond acceptors (Lipinski definition) is 3. The fourth-order valence-electron chi connectivity index (χ4n) is 0.668. The van der Waals surface area contributed by atoms with E-state index in [1.165, 1.54) is 12.3 Å². The number of carboxylic acids is 1. The van der Waals surface area contributed by atoms with Crippen LogP contribution >= 0.6 is 0 Å². The highest BCUT2D eigenvalue weighted by Gasteiger charge is 2.01. The largest absolute Gasteiger partial charge is 0.477 e. The average molecular weight is 152 g/mol. The SMILES string of the molecule is CNc1ccc(C(=O)O)nc1. The summed E-state index contributed by atoms with van der Waals surface area (Å²) in [5.74, 6) is -1.01. The van der Waals surface area contributed by atoms with Gasteiger partial charge in [-0.15, -0.1) is 0 Å². The van der Waals surface area contributed by atoms with E-state index < -0.39 is 5.97 Å². The van der Waals surface area contributed by atoms with Crippen molar-refractivity contribution in [3.8, 4) is 0 Å². The molecule has 1 aromatic heterocycles. The van der Waals surface area contributed by atoms with E-state index in [1.807, 2.05) is 0 Å². The van der Waals surface area contributed by atoms with Gasteiger partial charge >= 0.3 is 5.97 Å². The smallest absolute Gasteiger partial charge is 0.354 e. The summed E-state index contributed by atoms with van der Waals surface area (Å²) in [6, 6.07) is 3.12. The monoisotopic (exact) mass is 152 g/mol. The summed E-state index contributed by atoms with van der Waals surface area (Å²) < 4.78 is 0. The average Bonchev–Trinajstić information content (AvgIpc) is 2.05. The van der Waals surface area contributed by atoms with E-state index in [1.54, 1.807) is 13.1 Å². The van der Waals surface area contributed by atoms with E-state index in [2.05, 4.69) is 10.3 Å². The number of aromatic nitrogens is 1. The Hall–Kier alpha value is -1.58. The van der Waals surface area contributed by atoms with Crippen molar-refractivity contribution < 1.29 is 9.90 Å². The molecule has 1 heterocycles. The second-order valence-corrected chi connectivity index (χ2v) is 1.99. The van der Waals surface area contributed by atoms with Gasteiger partial charge in [-0.1, -0.05) is 0 Å². The van der Waals surface area contributed by atoms with Gasteiger partial charge in [0.15, 0.2) is 0 Å². The summed E-state index contributed by atoms with van der Waals surface area (Å²) >= 11 is 0. The standard InChI is InChI=1S/C7H8N2O2/c1-8-5-2-3-6(7(10)11)9-4-5/h2-4,8H,1H3,(H,10,11). The lowest BCUT2D eigenvalue weighted by Gasteiger charge is -1.97. The molecule has 2 N–H and O–H groups in total. The molecule has 4 nitrogen and oxygen atoms in total. The minimum Gasteiger partial charge on any atom is -0.477 e. The summed E-state index contributed by atoms with van der Waals surface area (Å²) in [5, 5.41) is 11.3. The number of carboxylic acid groups (broad SMARTS) is 1. The molecule has 0 aliphatic carbocycles. The van der Waals surface area contributed by atoms with E-state index in [4.69, 9.17) is 5.11 Å². The molecule has 0 fully saturated rings. The van der Waals surface area contributed by atoms with E-state index >= 15 is 0 Å². The zero-order valence-corrected chi connectivity index (χ0v) is 6.03. The third kappa shape index (κ3) is 1.67. The predicted molar refractivity (Wildman–Crippen MR) is 40.7 cm³/mol. The minimum absolute atomic E-state index is 0.0593. The van der Waals surface area contributed by atoms with Crippen LogP contribution in [0, 0.1) is 0 Å². The molecule has 0 saturated heterocycles. The van der Waals surface area contributed by atoms with Gasteiger partial charge in [0.2, 0.25) is 0 Å². The lowest BCUT2D eigenvalue weighted by atomic mass is 10.3. The summed E-state index contributed by atoms with van der Waals surface area (Å²) in [6.07, 6.45) is 1.48. The highest BCUT2D eigenvalue weighted by atomic mass is 16.4. The molecule has 58 valence electrons. The molecule has 0 saturated carbocycles. The van der Waals surface area contributed by atoms with Crippen molar-refractivity contribution in [2.45, 2.75) is 0 Å². The molecule has 0 aliphatic rings. The summed E-state index contributed by atoms with van der Waals surface area (Å²) in [6.45, 7) is 0. The Morgan fingerprint density at radius 2 is 2.36 bits per heavy atom. The summed E-state index contributed by atoms with van der Waals surface area (Å²) in [5.41, 5.74) is 0.860. The van der Waals surface area contributed by atoms with Crippen LogP contribution in [0.2, 0.25) is 0 Å². The van der Waals surface area contributed by atoms with Crippen LogP contribution in [0.1, 0.15) is 10.5 Å². The Bertz CT molecular complexity index is 256. The van der Waals surface area contributed by atoms with Gasteiger partial charge in [-0.25, -0.2) is 9.78 Å². The van der Waals surface area contributed by atoms with Crippen LogP contribution in [0.4, 0.5) is 5.69 Å². The summed E-state index contributed by atoms with van der Waals surface area (Å²) in [4.78, 5) is 14.0. The normalized spacial score (nSPS) is 9.18.